The van der Waals surface area contributed by atoms with Gasteiger partial charge in [0, 0.05) is 23.9 Å². The van der Waals surface area contributed by atoms with Crippen LogP contribution in [0, 0.1) is 5.92 Å². The third-order valence-electron chi connectivity index (χ3n) is 4.42. The Morgan fingerprint density at radius 3 is 3.00 bits per heavy atom. The van der Waals surface area contributed by atoms with Gasteiger partial charge in [-0.15, -0.1) is 11.3 Å². The highest BCUT2D eigenvalue weighted by atomic mass is 35.5. The van der Waals surface area contributed by atoms with Crippen molar-refractivity contribution < 1.29 is 4.79 Å². The van der Waals surface area contributed by atoms with Crippen molar-refractivity contribution in [2.75, 3.05) is 18.0 Å². The molecule has 9 heteroatoms. The molecule has 1 amide bonds. The fourth-order valence-corrected chi connectivity index (χ4v) is 3.91. The second-order valence-electron chi connectivity index (χ2n) is 5.98. The minimum absolute atomic E-state index is 0.0331. The Hall–Kier alpha value is -2.19. The van der Waals surface area contributed by atoms with Gasteiger partial charge in [-0.25, -0.2) is 4.98 Å². The second-order valence-corrected chi connectivity index (χ2v) is 7.35. The average Bonchev–Trinajstić information content (AvgIpc) is 3.30. The molecule has 3 aromatic heterocycles. The van der Waals surface area contributed by atoms with Gasteiger partial charge in [0.1, 0.15) is 5.52 Å². The third-order valence-corrected chi connectivity index (χ3v) is 5.47. The molecule has 0 spiro atoms. The lowest BCUT2D eigenvalue weighted by molar-refractivity contribution is -0.125. The maximum absolute atomic E-state index is 12.4. The number of nitrogens with zero attached hydrogens (tertiary/aromatic N) is 4. The minimum atomic E-state index is 0.0331. The van der Waals surface area contributed by atoms with Crippen LogP contribution >= 0.6 is 22.9 Å². The molecular weight excluding hydrogens is 360 g/mol. The summed E-state index contributed by atoms with van der Waals surface area (Å²) < 4.78 is 0. The molecule has 25 heavy (non-hydrogen) atoms. The molecule has 3 aromatic rings. The van der Waals surface area contributed by atoms with Gasteiger partial charge in [-0.1, -0.05) is 6.07 Å². The van der Waals surface area contributed by atoms with Crippen LogP contribution in [-0.2, 0) is 11.3 Å². The summed E-state index contributed by atoms with van der Waals surface area (Å²) in [5.74, 6) is 0.913. The number of anilines is 1. The van der Waals surface area contributed by atoms with Gasteiger partial charge >= 0.3 is 0 Å². The van der Waals surface area contributed by atoms with Gasteiger partial charge < -0.3 is 15.2 Å². The van der Waals surface area contributed by atoms with E-state index in [1.54, 1.807) is 17.7 Å². The number of amides is 1. The molecular formula is C16H17ClN6OS. The fraction of sp³-hybridized carbons (Fsp3) is 0.375. The van der Waals surface area contributed by atoms with E-state index in [0.29, 0.717) is 12.2 Å². The molecule has 4 rings (SSSR count). The van der Waals surface area contributed by atoms with Gasteiger partial charge in [0.25, 0.3) is 0 Å². The number of aromatic amines is 1. The van der Waals surface area contributed by atoms with Crippen molar-refractivity contribution in [2.45, 2.75) is 19.4 Å². The molecule has 0 unspecified atom stereocenters. The SMILES string of the molecule is O=C(NCc1cccs1)C1CCN(c2nc(Cl)nc3nc[nH]c23)CC1. The van der Waals surface area contributed by atoms with Gasteiger partial charge in [-0.3, -0.25) is 4.79 Å². The van der Waals surface area contributed by atoms with E-state index in [9.17, 15) is 4.79 Å². The Kier molecular flexibility index (Phi) is 4.54. The predicted molar refractivity (Wildman–Crippen MR) is 97.8 cm³/mol. The topological polar surface area (TPSA) is 86.8 Å². The number of carbonyl (C=O) groups is 1. The molecule has 2 N–H and O–H groups in total. The van der Waals surface area contributed by atoms with Crippen molar-refractivity contribution in [1.82, 2.24) is 25.3 Å². The number of hydrogen-bond acceptors (Lipinski definition) is 6. The van der Waals surface area contributed by atoms with Crippen LogP contribution in [0.3, 0.4) is 0 Å². The highest BCUT2D eigenvalue weighted by Crippen LogP contribution is 2.27. The van der Waals surface area contributed by atoms with Crippen molar-refractivity contribution in [1.29, 1.82) is 0 Å². The third kappa shape index (κ3) is 3.45. The quantitative estimate of drug-likeness (QED) is 0.683. The fourth-order valence-electron chi connectivity index (χ4n) is 3.11. The smallest absolute Gasteiger partial charge is 0.226 e. The molecule has 1 saturated heterocycles. The van der Waals surface area contributed by atoms with Crippen molar-refractivity contribution in [3.63, 3.8) is 0 Å². The summed E-state index contributed by atoms with van der Waals surface area (Å²) >= 11 is 7.66. The molecule has 1 aliphatic heterocycles. The molecule has 4 heterocycles. The van der Waals surface area contributed by atoms with Crippen molar-refractivity contribution >= 4 is 45.8 Å². The van der Waals surface area contributed by atoms with Crippen LogP contribution in [0.25, 0.3) is 11.2 Å². The lowest BCUT2D eigenvalue weighted by Gasteiger charge is -2.32. The van der Waals surface area contributed by atoms with Crippen LogP contribution < -0.4 is 10.2 Å². The number of hydrogen-bond donors (Lipinski definition) is 2. The first-order valence-corrected chi connectivity index (χ1v) is 9.38. The van der Waals surface area contributed by atoms with Crippen LogP contribution in [0.15, 0.2) is 23.8 Å². The van der Waals surface area contributed by atoms with E-state index in [1.807, 2.05) is 17.5 Å². The highest BCUT2D eigenvalue weighted by Gasteiger charge is 2.27. The van der Waals surface area contributed by atoms with Gasteiger partial charge in [0.15, 0.2) is 11.5 Å². The van der Waals surface area contributed by atoms with Gasteiger partial charge in [0.2, 0.25) is 11.2 Å². The zero-order valence-electron chi connectivity index (χ0n) is 13.4. The molecule has 1 aliphatic rings. The Balaban J connectivity index is 1.39. The zero-order chi connectivity index (χ0) is 17.2. The lowest BCUT2D eigenvalue weighted by atomic mass is 9.96. The number of piperidine rings is 1. The minimum Gasteiger partial charge on any atom is -0.355 e. The number of halogens is 1. The van der Waals surface area contributed by atoms with Crippen LogP contribution in [-0.4, -0.2) is 38.9 Å². The predicted octanol–water partition coefficient (Wildman–Crippen LogP) is 2.60. The number of rotatable bonds is 4. The highest BCUT2D eigenvalue weighted by molar-refractivity contribution is 7.09. The molecule has 0 aliphatic carbocycles. The Morgan fingerprint density at radius 1 is 1.40 bits per heavy atom. The van der Waals surface area contributed by atoms with Crippen molar-refractivity contribution in [3.8, 4) is 0 Å². The molecule has 130 valence electrons. The van der Waals surface area contributed by atoms with Crippen LogP contribution in [0.2, 0.25) is 5.28 Å². The monoisotopic (exact) mass is 376 g/mol. The second kappa shape index (κ2) is 6.97. The number of carbonyl (C=O) groups excluding carboxylic acids is 1. The largest absolute Gasteiger partial charge is 0.355 e. The molecule has 0 atom stereocenters. The number of thiophene rings is 1. The maximum atomic E-state index is 12.4. The Labute approximate surface area is 153 Å². The van der Waals surface area contributed by atoms with E-state index in [-0.39, 0.29) is 17.1 Å². The van der Waals surface area contributed by atoms with Gasteiger partial charge in [0.05, 0.1) is 12.9 Å². The molecule has 0 radical (unpaired) electrons. The summed E-state index contributed by atoms with van der Waals surface area (Å²) in [6.07, 6.45) is 3.16. The summed E-state index contributed by atoms with van der Waals surface area (Å²) in [6.45, 7) is 2.10. The van der Waals surface area contributed by atoms with E-state index < -0.39 is 0 Å². The molecule has 7 nitrogen and oxygen atoms in total. The number of imidazole rings is 1. The summed E-state index contributed by atoms with van der Waals surface area (Å²) in [4.78, 5) is 31.3. The molecule has 0 bridgehead atoms. The molecule has 0 aromatic carbocycles. The first-order valence-electron chi connectivity index (χ1n) is 8.12. The first kappa shape index (κ1) is 16.3. The molecule has 0 saturated carbocycles. The normalized spacial score (nSPS) is 15.6. The Morgan fingerprint density at radius 2 is 2.24 bits per heavy atom. The van der Waals surface area contributed by atoms with E-state index in [0.717, 1.165) is 37.3 Å². The van der Waals surface area contributed by atoms with Crippen LogP contribution in [0.1, 0.15) is 17.7 Å². The van der Waals surface area contributed by atoms with Crippen LogP contribution in [0.4, 0.5) is 5.82 Å². The van der Waals surface area contributed by atoms with Crippen molar-refractivity contribution in [2.24, 2.45) is 5.92 Å². The van der Waals surface area contributed by atoms with E-state index >= 15 is 0 Å². The summed E-state index contributed by atoms with van der Waals surface area (Å²) in [5, 5.41) is 5.24. The van der Waals surface area contributed by atoms with Gasteiger partial charge in [-0.2, -0.15) is 9.97 Å². The van der Waals surface area contributed by atoms with Gasteiger partial charge in [-0.05, 0) is 35.9 Å². The maximum Gasteiger partial charge on any atom is 0.226 e. The Bertz CT molecular complexity index is 872. The lowest BCUT2D eigenvalue weighted by Crippen LogP contribution is -2.40. The van der Waals surface area contributed by atoms with Crippen LogP contribution in [0.5, 0.6) is 0 Å². The molecule has 1 fully saturated rings. The summed E-state index contributed by atoms with van der Waals surface area (Å²) in [5.41, 5.74) is 1.34. The number of nitrogens with one attached hydrogen (secondary N) is 2. The summed E-state index contributed by atoms with van der Waals surface area (Å²) in [7, 11) is 0. The first-order chi connectivity index (χ1) is 12.2. The van der Waals surface area contributed by atoms with E-state index in [4.69, 9.17) is 11.6 Å². The average molecular weight is 377 g/mol. The van der Waals surface area contributed by atoms with E-state index in [1.165, 1.54) is 4.88 Å². The van der Waals surface area contributed by atoms with Crippen molar-refractivity contribution in [3.05, 3.63) is 34.0 Å². The standard InChI is InChI=1S/C16H17ClN6OS/c17-16-21-13-12(19-9-20-13)14(22-16)23-5-3-10(4-6-23)15(24)18-8-11-2-1-7-25-11/h1-2,7,9-10H,3-6,8H2,(H,18,24)(H,19,20,21,22). The van der Waals surface area contributed by atoms with E-state index in [2.05, 4.69) is 30.2 Å². The number of aromatic nitrogens is 4. The number of fused-ring (bicyclic) bond motifs is 1. The zero-order valence-corrected chi connectivity index (χ0v) is 15.0. The summed E-state index contributed by atoms with van der Waals surface area (Å²) in [6, 6.07) is 4.02. The number of H-pyrrole nitrogens is 1.